The molecule has 25 heavy (non-hydrogen) atoms. The molecule has 0 saturated carbocycles. The molecule has 134 valence electrons. The van der Waals surface area contributed by atoms with Crippen LogP contribution < -0.4 is 10.6 Å². The molecule has 1 aromatic carbocycles. The third-order valence-corrected chi connectivity index (χ3v) is 4.58. The monoisotopic (exact) mass is 342 g/mol. The second-order valence-electron chi connectivity index (χ2n) is 6.71. The highest BCUT2D eigenvalue weighted by atomic mass is 16.3. The molecule has 3 rings (SSSR count). The van der Waals surface area contributed by atoms with Gasteiger partial charge in [-0.2, -0.15) is 0 Å². The van der Waals surface area contributed by atoms with Crippen LogP contribution in [0.25, 0.3) is 0 Å². The van der Waals surface area contributed by atoms with Gasteiger partial charge in [0.2, 0.25) is 0 Å². The van der Waals surface area contributed by atoms with Crippen molar-refractivity contribution in [3.63, 3.8) is 0 Å². The largest absolute Gasteiger partial charge is 0.392 e. The van der Waals surface area contributed by atoms with Gasteiger partial charge in [-0.25, -0.2) is 4.79 Å². The van der Waals surface area contributed by atoms with Crippen molar-refractivity contribution in [2.45, 2.75) is 31.7 Å². The maximum Gasteiger partial charge on any atom is 0.315 e. The molecular weight excluding hydrogens is 316 g/mol. The van der Waals surface area contributed by atoms with Gasteiger partial charge in [0.1, 0.15) is 0 Å². The number of likely N-dealkylation sites (tertiary alicyclic amines) is 1. The van der Waals surface area contributed by atoms with Crippen molar-refractivity contribution in [3.05, 3.63) is 59.9 Å². The zero-order valence-electron chi connectivity index (χ0n) is 14.6. The Morgan fingerprint density at radius 1 is 1.20 bits per heavy atom. The van der Waals surface area contributed by atoms with E-state index in [9.17, 15) is 9.90 Å². The van der Waals surface area contributed by atoms with Crippen LogP contribution in [0.2, 0.25) is 0 Å². The fourth-order valence-electron chi connectivity index (χ4n) is 3.30. The lowest BCUT2D eigenvalue weighted by Crippen LogP contribution is -2.43. The van der Waals surface area contributed by atoms with E-state index >= 15 is 0 Å². The number of aliphatic hydroxyl groups excluding tert-OH is 1. The lowest BCUT2D eigenvalue weighted by atomic mass is 10.1. The van der Waals surface area contributed by atoms with Gasteiger partial charge in [-0.3, -0.25) is 4.90 Å². The third-order valence-electron chi connectivity index (χ3n) is 4.58. The van der Waals surface area contributed by atoms with Gasteiger partial charge in [-0.15, -0.1) is 0 Å². The van der Waals surface area contributed by atoms with Crippen molar-refractivity contribution in [3.8, 4) is 0 Å². The second-order valence-corrected chi connectivity index (χ2v) is 6.71. The summed E-state index contributed by atoms with van der Waals surface area (Å²) in [5, 5.41) is 15.8. The number of hydrogen-bond donors (Lipinski definition) is 3. The zero-order valence-corrected chi connectivity index (χ0v) is 14.6. The maximum absolute atomic E-state index is 12.0. The molecule has 1 aliphatic rings. The molecule has 2 aromatic rings. The summed E-state index contributed by atoms with van der Waals surface area (Å²) in [5.41, 5.74) is 2.29. The van der Waals surface area contributed by atoms with Crippen LogP contribution in [0.5, 0.6) is 0 Å². The average Bonchev–Trinajstić information content (AvgIpc) is 3.17. The summed E-state index contributed by atoms with van der Waals surface area (Å²) in [6.45, 7) is 2.47. The van der Waals surface area contributed by atoms with E-state index in [0.717, 1.165) is 12.1 Å². The van der Waals surface area contributed by atoms with Crippen molar-refractivity contribution < 1.29 is 9.90 Å². The molecule has 0 aliphatic carbocycles. The molecule has 0 radical (unpaired) electrons. The number of carbonyl (C=O) groups is 1. The Labute approximate surface area is 148 Å². The number of amides is 2. The van der Waals surface area contributed by atoms with Crippen LogP contribution in [0, 0.1) is 0 Å². The Hall–Kier alpha value is -2.31. The topological polar surface area (TPSA) is 69.5 Å². The molecule has 2 unspecified atom stereocenters. The van der Waals surface area contributed by atoms with Gasteiger partial charge in [-0.1, -0.05) is 30.3 Å². The van der Waals surface area contributed by atoms with Crippen molar-refractivity contribution in [2.75, 3.05) is 13.1 Å². The summed E-state index contributed by atoms with van der Waals surface area (Å²) in [6, 6.07) is 12.2. The minimum atomic E-state index is -0.331. The predicted molar refractivity (Wildman–Crippen MR) is 96.9 cm³/mol. The van der Waals surface area contributed by atoms with E-state index in [4.69, 9.17) is 0 Å². The maximum atomic E-state index is 12.0. The number of carbonyl (C=O) groups excluding carboxylic acids is 1. The first kappa shape index (κ1) is 17.5. The lowest BCUT2D eigenvalue weighted by Gasteiger charge is -2.24. The van der Waals surface area contributed by atoms with E-state index in [-0.39, 0.29) is 18.2 Å². The molecule has 3 N–H and O–H groups in total. The van der Waals surface area contributed by atoms with E-state index in [0.29, 0.717) is 26.1 Å². The SMILES string of the molecule is Cn1ccc(CNC(=O)NCC2CC(O)CN2Cc2ccccc2)c1. The molecule has 6 nitrogen and oxygen atoms in total. The number of nitrogens with one attached hydrogen (secondary N) is 2. The number of rotatable bonds is 6. The Morgan fingerprint density at radius 3 is 2.72 bits per heavy atom. The predicted octanol–water partition coefficient (Wildman–Crippen LogP) is 1.46. The van der Waals surface area contributed by atoms with Crippen molar-refractivity contribution >= 4 is 6.03 Å². The van der Waals surface area contributed by atoms with Crippen LogP contribution in [-0.2, 0) is 20.1 Å². The summed E-state index contributed by atoms with van der Waals surface area (Å²) in [5.74, 6) is 0. The van der Waals surface area contributed by atoms with E-state index in [2.05, 4.69) is 27.7 Å². The highest BCUT2D eigenvalue weighted by Gasteiger charge is 2.30. The summed E-state index contributed by atoms with van der Waals surface area (Å²) >= 11 is 0. The standard InChI is InChI=1S/C19H26N4O2/c1-22-8-7-16(12-22)10-20-19(25)21-11-17-9-18(24)14-23(17)13-15-5-3-2-4-6-15/h2-8,12,17-18,24H,9-11,13-14H2,1H3,(H2,20,21,25). The highest BCUT2D eigenvalue weighted by Crippen LogP contribution is 2.20. The summed E-state index contributed by atoms with van der Waals surface area (Å²) < 4.78 is 1.95. The highest BCUT2D eigenvalue weighted by molar-refractivity contribution is 5.73. The average molecular weight is 342 g/mol. The molecule has 2 heterocycles. The van der Waals surface area contributed by atoms with Gasteiger partial charge in [0.15, 0.2) is 0 Å². The molecular formula is C19H26N4O2. The molecule has 2 atom stereocenters. The zero-order chi connectivity index (χ0) is 17.6. The van der Waals surface area contributed by atoms with Gasteiger partial charge < -0.3 is 20.3 Å². The summed E-state index contributed by atoms with van der Waals surface area (Å²) in [6.07, 6.45) is 4.29. The van der Waals surface area contributed by atoms with Crippen LogP contribution >= 0.6 is 0 Å². The molecule has 0 bridgehead atoms. The first-order valence-electron chi connectivity index (χ1n) is 8.69. The number of aliphatic hydroxyl groups is 1. The number of aromatic nitrogens is 1. The molecule has 6 heteroatoms. The number of β-amino-alcohol motifs (C(OH)–C–C–N with tert-alkyl or cyclic N) is 1. The minimum Gasteiger partial charge on any atom is -0.392 e. The molecule has 1 aliphatic heterocycles. The van der Waals surface area contributed by atoms with Gasteiger partial charge >= 0.3 is 6.03 Å². The number of nitrogens with zero attached hydrogens (tertiary/aromatic N) is 2. The van der Waals surface area contributed by atoms with Crippen LogP contribution in [0.3, 0.4) is 0 Å². The van der Waals surface area contributed by atoms with Crippen molar-refractivity contribution in [1.82, 2.24) is 20.1 Å². The molecule has 1 fully saturated rings. The summed E-state index contributed by atoms with van der Waals surface area (Å²) in [4.78, 5) is 14.2. The third kappa shape index (κ3) is 5.08. The van der Waals surface area contributed by atoms with E-state index in [1.165, 1.54) is 5.56 Å². The van der Waals surface area contributed by atoms with Gasteiger partial charge in [-0.05, 0) is 23.6 Å². The fourth-order valence-corrected chi connectivity index (χ4v) is 3.30. The smallest absolute Gasteiger partial charge is 0.315 e. The van der Waals surface area contributed by atoms with Crippen molar-refractivity contribution in [2.24, 2.45) is 7.05 Å². The number of urea groups is 1. The number of benzene rings is 1. The quantitative estimate of drug-likeness (QED) is 0.744. The Morgan fingerprint density at radius 2 is 2.00 bits per heavy atom. The van der Waals surface area contributed by atoms with Crippen molar-refractivity contribution in [1.29, 1.82) is 0 Å². The van der Waals surface area contributed by atoms with Gasteiger partial charge in [0.25, 0.3) is 0 Å². The summed E-state index contributed by atoms with van der Waals surface area (Å²) in [7, 11) is 1.95. The van der Waals surface area contributed by atoms with E-state index in [1.807, 2.05) is 48.3 Å². The van der Waals surface area contributed by atoms with Crippen LogP contribution in [-0.4, -0.2) is 45.8 Å². The fraction of sp³-hybridized carbons (Fsp3) is 0.421. The normalized spacial score (nSPS) is 20.6. The van der Waals surface area contributed by atoms with Crippen LogP contribution in [0.1, 0.15) is 17.5 Å². The van der Waals surface area contributed by atoms with E-state index in [1.54, 1.807) is 0 Å². The van der Waals surface area contributed by atoms with E-state index < -0.39 is 0 Å². The second kappa shape index (κ2) is 8.18. The molecule has 0 spiro atoms. The van der Waals surface area contributed by atoms with Crippen LogP contribution in [0.4, 0.5) is 4.79 Å². The van der Waals surface area contributed by atoms with Gasteiger partial charge in [0.05, 0.1) is 6.10 Å². The molecule has 2 amide bonds. The molecule has 1 saturated heterocycles. The molecule has 1 aromatic heterocycles. The Balaban J connectivity index is 1.46. The lowest BCUT2D eigenvalue weighted by molar-refractivity contribution is 0.172. The number of hydrogen-bond acceptors (Lipinski definition) is 3. The number of aryl methyl sites for hydroxylation is 1. The Kier molecular flexibility index (Phi) is 5.73. The van der Waals surface area contributed by atoms with Gasteiger partial charge in [0, 0.05) is 51.7 Å². The first-order chi connectivity index (χ1) is 12.1. The first-order valence-corrected chi connectivity index (χ1v) is 8.69. The Bertz CT molecular complexity index is 686. The minimum absolute atomic E-state index is 0.151. The van der Waals surface area contributed by atoms with Crippen LogP contribution in [0.15, 0.2) is 48.8 Å².